The lowest BCUT2D eigenvalue weighted by Gasteiger charge is -2.40. The molecule has 1 aromatic heterocycles. The third-order valence-electron chi connectivity index (χ3n) is 5.26. The first kappa shape index (κ1) is 14.7. The van der Waals surface area contributed by atoms with Crippen LogP contribution < -0.4 is 0 Å². The molecule has 3 rings (SSSR count). The molecule has 21 heavy (non-hydrogen) atoms. The zero-order valence-electron chi connectivity index (χ0n) is 13.2. The fourth-order valence-corrected chi connectivity index (χ4v) is 3.86. The summed E-state index contributed by atoms with van der Waals surface area (Å²) in [6.07, 6.45) is 7.81. The highest BCUT2D eigenvalue weighted by Crippen LogP contribution is 2.32. The highest BCUT2D eigenvalue weighted by atomic mass is 16.1. The average Bonchev–Trinajstić information content (AvgIpc) is 2.81. The van der Waals surface area contributed by atoms with Gasteiger partial charge in [0.2, 0.25) is 0 Å². The van der Waals surface area contributed by atoms with Crippen molar-refractivity contribution in [3.8, 4) is 0 Å². The van der Waals surface area contributed by atoms with E-state index in [9.17, 15) is 4.79 Å². The van der Waals surface area contributed by atoms with Crippen LogP contribution in [0.1, 0.15) is 56.6 Å². The van der Waals surface area contributed by atoms with E-state index in [1.165, 1.54) is 19.3 Å². The Balaban J connectivity index is 1.75. The lowest BCUT2D eigenvalue weighted by molar-refractivity contribution is -0.127. The van der Waals surface area contributed by atoms with Crippen LogP contribution in [0.2, 0.25) is 0 Å². The molecule has 2 atom stereocenters. The minimum absolute atomic E-state index is 0.258. The van der Waals surface area contributed by atoms with Crippen LogP contribution in [-0.2, 0) is 18.4 Å². The summed E-state index contributed by atoms with van der Waals surface area (Å²) in [5, 5.41) is 8.45. The number of Topliss-reactive ketones (excluding diaryl/α,β-unsaturated/α-hetero) is 1. The molecule has 0 spiro atoms. The van der Waals surface area contributed by atoms with Gasteiger partial charge in [-0.1, -0.05) is 12.8 Å². The van der Waals surface area contributed by atoms with Crippen molar-refractivity contribution in [2.45, 2.75) is 64.5 Å². The van der Waals surface area contributed by atoms with Crippen molar-refractivity contribution >= 4 is 5.78 Å². The van der Waals surface area contributed by atoms with Crippen molar-refractivity contribution in [1.82, 2.24) is 19.7 Å². The Morgan fingerprint density at radius 2 is 1.95 bits per heavy atom. The standard InChI is InChI=1S/C16H26N4O/c1-12-17-18-16(19(12)2)11-20-10-6-5-8-14(20)13-7-3-4-9-15(13)21/h13-14H,3-11H2,1-2H3. The van der Waals surface area contributed by atoms with E-state index < -0.39 is 0 Å². The van der Waals surface area contributed by atoms with Gasteiger partial charge in [-0.3, -0.25) is 9.69 Å². The molecule has 116 valence electrons. The van der Waals surface area contributed by atoms with Gasteiger partial charge in [-0.05, 0) is 39.2 Å². The first-order valence-corrected chi connectivity index (χ1v) is 8.28. The number of piperidine rings is 1. The van der Waals surface area contributed by atoms with E-state index in [0.29, 0.717) is 11.8 Å². The molecule has 0 bridgehead atoms. The van der Waals surface area contributed by atoms with Crippen molar-refractivity contribution in [3.05, 3.63) is 11.6 Å². The number of ketones is 1. The first-order valence-electron chi connectivity index (χ1n) is 8.28. The molecule has 1 aliphatic carbocycles. The monoisotopic (exact) mass is 290 g/mol. The van der Waals surface area contributed by atoms with Gasteiger partial charge in [0.15, 0.2) is 0 Å². The van der Waals surface area contributed by atoms with Crippen LogP contribution in [0.25, 0.3) is 0 Å². The summed E-state index contributed by atoms with van der Waals surface area (Å²) >= 11 is 0. The van der Waals surface area contributed by atoms with Crippen molar-refractivity contribution in [1.29, 1.82) is 0 Å². The number of likely N-dealkylation sites (tertiary alicyclic amines) is 1. The highest BCUT2D eigenvalue weighted by Gasteiger charge is 2.35. The van der Waals surface area contributed by atoms with E-state index in [4.69, 9.17) is 0 Å². The van der Waals surface area contributed by atoms with Gasteiger partial charge < -0.3 is 4.57 Å². The van der Waals surface area contributed by atoms with E-state index >= 15 is 0 Å². The predicted octanol–water partition coefficient (Wildman–Crippen LogP) is 2.24. The smallest absolute Gasteiger partial charge is 0.146 e. The molecule has 0 radical (unpaired) electrons. The number of carbonyl (C=O) groups is 1. The Morgan fingerprint density at radius 3 is 2.67 bits per heavy atom. The van der Waals surface area contributed by atoms with Gasteiger partial charge in [0.25, 0.3) is 0 Å². The van der Waals surface area contributed by atoms with Gasteiger partial charge in [-0.25, -0.2) is 0 Å². The summed E-state index contributed by atoms with van der Waals surface area (Å²) < 4.78 is 2.06. The van der Waals surface area contributed by atoms with Gasteiger partial charge in [0, 0.05) is 25.4 Å². The van der Waals surface area contributed by atoms with E-state index in [2.05, 4.69) is 19.7 Å². The van der Waals surface area contributed by atoms with E-state index in [0.717, 1.165) is 50.4 Å². The SMILES string of the molecule is Cc1nnc(CN2CCCCC2C2CCCCC2=O)n1C. The second kappa shape index (κ2) is 6.26. The maximum absolute atomic E-state index is 12.3. The molecule has 1 saturated heterocycles. The Labute approximate surface area is 126 Å². The molecule has 2 fully saturated rings. The fourth-order valence-electron chi connectivity index (χ4n) is 3.86. The zero-order chi connectivity index (χ0) is 14.8. The van der Waals surface area contributed by atoms with Gasteiger partial charge >= 0.3 is 0 Å². The molecule has 2 aliphatic rings. The van der Waals surface area contributed by atoms with Crippen LogP contribution >= 0.6 is 0 Å². The van der Waals surface area contributed by atoms with Gasteiger partial charge in [0.05, 0.1) is 6.54 Å². The van der Waals surface area contributed by atoms with Crippen molar-refractivity contribution in [2.24, 2.45) is 13.0 Å². The largest absolute Gasteiger partial charge is 0.317 e. The molecule has 0 N–H and O–H groups in total. The van der Waals surface area contributed by atoms with Crippen LogP contribution in [0, 0.1) is 12.8 Å². The van der Waals surface area contributed by atoms with E-state index in [-0.39, 0.29) is 5.92 Å². The summed E-state index contributed by atoms with van der Waals surface area (Å²) in [6.45, 7) is 3.89. The first-order chi connectivity index (χ1) is 10.2. The highest BCUT2D eigenvalue weighted by molar-refractivity contribution is 5.82. The molecule has 1 aliphatic heterocycles. The van der Waals surface area contributed by atoms with Crippen LogP contribution in [0.4, 0.5) is 0 Å². The number of aryl methyl sites for hydroxylation is 1. The van der Waals surface area contributed by atoms with Crippen LogP contribution in [-0.4, -0.2) is 38.0 Å². The summed E-state index contributed by atoms with van der Waals surface area (Å²) in [6, 6.07) is 0.420. The average molecular weight is 290 g/mol. The third-order valence-corrected chi connectivity index (χ3v) is 5.26. The minimum atomic E-state index is 0.258. The lowest BCUT2D eigenvalue weighted by Crippen LogP contribution is -2.47. The Hall–Kier alpha value is -1.23. The Bertz CT molecular complexity index is 510. The number of hydrogen-bond acceptors (Lipinski definition) is 4. The number of hydrogen-bond donors (Lipinski definition) is 0. The number of carbonyl (C=O) groups excluding carboxylic acids is 1. The number of aromatic nitrogens is 3. The third kappa shape index (κ3) is 3.03. The van der Waals surface area contributed by atoms with E-state index in [1.807, 2.05) is 14.0 Å². The summed E-state index contributed by atoms with van der Waals surface area (Å²) in [5.41, 5.74) is 0. The zero-order valence-corrected chi connectivity index (χ0v) is 13.2. The predicted molar refractivity (Wildman–Crippen MR) is 80.8 cm³/mol. The Kier molecular flexibility index (Phi) is 4.38. The summed E-state index contributed by atoms with van der Waals surface area (Å²) in [4.78, 5) is 14.8. The lowest BCUT2D eigenvalue weighted by atomic mass is 9.79. The molecule has 1 aromatic rings. The van der Waals surface area contributed by atoms with Crippen molar-refractivity contribution in [2.75, 3.05) is 6.54 Å². The second-order valence-corrected chi connectivity index (χ2v) is 6.57. The quantitative estimate of drug-likeness (QED) is 0.856. The molecule has 0 amide bonds. The van der Waals surface area contributed by atoms with Crippen LogP contribution in [0.3, 0.4) is 0 Å². The fraction of sp³-hybridized carbons (Fsp3) is 0.812. The normalized spacial score (nSPS) is 28.0. The van der Waals surface area contributed by atoms with Crippen molar-refractivity contribution in [3.63, 3.8) is 0 Å². The van der Waals surface area contributed by atoms with Gasteiger partial charge in [0.1, 0.15) is 17.4 Å². The Morgan fingerprint density at radius 1 is 1.14 bits per heavy atom. The molecule has 5 nitrogen and oxygen atoms in total. The van der Waals surface area contributed by atoms with Crippen LogP contribution in [0.5, 0.6) is 0 Å². The minimum Gasteiger partial charge on any atom is -0.317 e. The molecule has 5 heteroatoms. The van der Waals surface area contributed by atoms with Gasteiger partial charge in [-0.2, -0.15) is 0 Å². The van der Waals surface area contributed by atoms with Crippen LogP contribution in [0.15, 0.2) is 0 Å². The topological polar surface area (TPSA) is 51.0 Å². The number of rotatable bonds is 3. The maximum Gasteiger partial charge on any atom is 0.146 e. The second-order valence-electron chi connectivity index (χ2n) is 6.57. The molecule has 1 saturated carbocycles. The van der Waals surface area contributed by atoms with Crippen molar-refractivity contribution < 1.29 is 4.79 Å². The summed E-state index contributed by atoms with van der Waals surface area (Å²) in [5.74, 6) is 2.72. The number of nitrogens with zero attached hydrogens (tertiary/aromatic N) is 4. The molecule has 2 heterocycles. The summed E-state index contributed by atoms with van der Waals surface area (Å²) in [7, 11) is 2.02. The van der Waals surface area contributed by atoms with Gasteiger partial charge in [-0.15, -0.1) is 10.2 Å². The molecular formula is C16H26N4O. The molecule has 2 unspecified atom stereocenters. The molecule has 0 aromatic carbocycles. The maximum atomic E-state index is 12.3. The van der Waals surface area contributed by atoms with E-state index in [1.54, 1.807) is 0 Å². The molecular weight excluding hydrogens is 264 g/mol.